The Morgan fingerprint density at radius 2 is 1.79 bits per heavy atom. The average molecular weight is 402 g/mol. The summed E-state index contributed by atoms with van der Waals surface area (Å²) < 4.78 is 0. The molecule has 1 amide bonds. The van der Waals surface area contributed by atoms with E-state index in [2.05, 4.69) is 20.1 Å². The zero-order chi connectivity index (χ0) is 21.0. The summed E-state index contributed by atoms with van der Waals surface area (Å²) in [5.41, 5.74) is 1.98. The Bertz CT molecular complexity index is 824. The third-order valence-corrected chi connectivity index (χ3v) is 5.15. The van der Waals surface area contributed by atoms with Gasteiger partial charge in [-0.15, -0.1) is 0 Å². The van der Waals surface area contributed by atoms with Crippen LogP contribution in [0.2, 0.25) is 0 Å². The Hall–Kier alpha value is -2.71. The molecule has 0 spiro atoms. The van der Waals surface area contributed by atoms with E-state index in [1.807, 2.05) is 38.1 Å². The molecule has 0 bridgehead atoms. The smallest absolute Gasteiger partial charge is 0.264 e. The molecular formula is C21H30N4O4. The number of anilines is 2. The van der Waals surface area contributed by atoms with Crippen molar-refractivity contribution < 1.29 is 20.1 Å². The second kappa shape index (κ2) is 9.19. The van der Waals surface area contributed by atoms with Crippen molar-refractivity contribution in [3.63, 3.8) is 0 Å². The summed E-state index contributed by atoms with van der Waals surface area (Å²) in [6.45, 7) is 8.45. The number of carbonyl (C=O) groups is 1. The second-order valence-electron chi connectivity index (χ2n) is 7.83. The number of β-amino-alcohol motifs (C(OH)–C–C–N with tert-alkyl or cyclic N) is 1. The normalized spacial score (nSPS) is 15.1. The summed E-state index contributed by atoms with van der Waals surface area (Å²) in [5.74, 6) is -0.816. The number of hydrogen-bond donors (Lipinski definition) is 5. The third kappa shape index (κ3) is 5.02. The lowest BCUT2D eigenvalue weighted by Gasteiger charge is -2.35. The van der Waals surface area contributed by atoms with Gasteiger partial charge in [-0.3, -0.25) is 9.69 Å². The highest BCUT2D eigenvalue weighted by Crippen LogP contribution is 2.33. The van der Waals surface area contributed by atoms with Crippen LogP contribution >= 0.6 is 0 Å². The van der Waals surface area contributed by atoms with E-state index < -0.39 is 5.91 Å². The number of rotatable bonds is 7. The quantitative estimate of drug-likeness (QED) is 0.484. The van der Waals surface area contributed by atoms with Gasteiger partial charge < -0.3 is 30.5 Å². The minimum atomic E-state index is -0.559. The minimum Gasteiger partial charge on any atom is -0.505 e. The van der Waals surface area contributed by atoms with Gasteiger partial charge in [0.15, 0.2) is 5.75 Å². The predicted molar refractivity (Wildman–Crippen MR) is 113 cm³/mol. The van der Waals surface area contributed by atoms with Crippen LogP contribution in [-0.2, 0) is 6.42 Å². The van der Waals surface area contributed by atoms with E-state index in [4.69, 9.17) is 5.11 Å². The van der Waals surface area contributed by atoms with Gasteiger partial charge in [0.1, 0.15) is 5.56 Å². The van der Waals surface area contributed by atoms with E-state index in [0.29, 0.717) is 24.3 Å². The molecule has 5 N–H and O–H groups in total. The fourth-order valence-electron chi connectivity index (χ4n) is 3.62. The zero-order valence-corrected chi connectivity index (χ0v) is 17.0. The van der Waals surface area contributed by atoms with Crippen molar-refractivity contribution in [2.45, 2.75) is 20.3 Å². The summed E-state index contributed by atoms with van der Waals surface area (Å²) in [4.78, 5) is 19.7. The van der Waals surface area contributed by atoms with E-state index in [0.717, 1.165) is 31.9 Å². The number of H-pyrrole nitrogens is 1. The number of nitrogens with zero attached hydrogens (tertiary/aromatic N) is 2. The summed E-state index contributed by atoms with van der Waals surface area (Å²) >= 11 is 0. The highest BCUT2D eigenvalue weighted by atomic mass is 16.3. The number of hydrogen-bond acceptors (Lipinski definition) is 6. The van der Waals surface area contributed by atoms with Crippen molar-refractivity contribution in [1.82, 2.24) is 9.88 Å². The number of nitrogens with one attached hydrogen (secondary N) is 2. The number of piperazine rings is 1. The van der Waals surface area contributed by atoms with Gasteiger partial charge in [-0.05, 0) is 36.6 Å². The van der Waals surface area contributed by atoms with Gasteiger partial charge in [0.25, 0.3) is 5.91 Å². The van der Waals surface area contributed by atoms with Crippen molar-refractivity contribution in [1.29, 1.82) is 0 Å². The average Bonchev–Trinajstić information content (AvgIpc) is 2.96. The standard InChI is InChI=1S/C21H30N4O4/c1-14(2)13-17-19(27)18(21(29)23-17)20(28)22-15-3-5-16(6-4-15)25-9-7-24(8-10-25)11-12-26/h3-6,14,23,26-27,29H,7-13H2,1-2H3,(H,22,28). The molecule has 1 aliphatic rings. The molecular weight excluding hydrogens is 372 g/mol. The Kier molecular flexibility index (Phi) is 6.66. The van der Waals surface area contributed by atoms with Gasteiger partial charge in [0.05, 0.1) is 12.3 Å². The summed E-state index contributed by atoms with van der Waals surface area (Å²) in [7, 11) is 0. The van der Waals surface area contributed by atoms with Crippen molar-refractivity contribution >= 4 is 17.3 Å². The number of benzene rings is 1. The first-order valence-corrected chi connectivity index (χ1v) is 10.0. The number of aromatic amines is 1. The molecule has 1 aliphatic heterocycles. The Labute approximate surface area is 170 Å². The number of aromatic nitrogens is 1. The van der Waals surface area contributed by atoms with Crippen LogP contribution in [0.4, 0.5) is 11.4 Å². The number of amides is 1. The molecule has 1 aromatic heterocycles. The summed E-state index contributed by atoms with van der Waals surface area (Å²) in [6.07, 6.45) is 0.535. The fraction of sp³-hybridized carbons (Fsp3) is 0.476. The Balaban J connectivity index is 1.63. The van der Waals surface area contributed by atoms with Crippen molar-refractivity contribution in [3.8, 4) is 11.6 Å². The van der Waals surface area contributed by atoms with Crippen molar-refractivity contribution in [3.05, 3.63) is 35.5 Å². The van der Waals surface area contributed by atoms with E-state index in [-0.39, 0.29) is 29.7 Å². The Morgan fingerprint density at radius 1 is 1.14 bits per heavy atom. The lowest BCUT2D eigenvalue weighted by atomic mass is 10.1. The van der Waals surface area contributed by atoms with Gasteiger partial charge in [0, 0.05) is 44.1 Å². The van der Waals surface area contributed by atoms with E-state index in [1.165, 1.54) is 0 Å². The van der Waals surface area contributed by atoms with E-state index >= 15 is 0 Å². The molecule has 2 aromatic rings. The van der Waals surface area contributed by atoms with Gasteiger partial charge in [0.2, 0.25) is 5.88 Å². The van der Waals surface area contributed by atoms with Crippen LogP contribution in [0.3, 0.4) is 0 Å². The Morgan fingerprint density at radius 3 is 2.38 bits per heavy atom. The van der Waals surface area contributed by atoms with Crippen LogP contribution in [0, 0.1) is 5.92 Å². The van der Waals surface area contributed by atoms with E-state index in [9.17, 15) is 15.0 Å². The molecule has 0 atom stereocenters. The highest BCUT2D eigenvalue weighted by Gasteiger charge is 2.23. The maximum atomic E-state index is 12.6. The van der Waals surface area contributed by atoms with Gasteiger partial charge in [-0.1, -0.05) is 13.8 Å². The molecule has 0 unspecified atom stereocenters. The number of carbonyl (C=O) groups excluding carboxylic acids is 1. The molecule has 1 aromatic carbocycles. The maximum absolute atomic E-state index is 12.6. The first-order chi connectivity index (χ1) is 13.9. The first kappa shape index (κ1) is 21.0. The van der Waals surface area contributed by atoms with E-state index in [1.54, 1.807) is 0 Å². The van der Waals surface area contributed by atoms with Crippen molar-refractivity contribution in [2.75, 3.05) is 49.5 Å². The lowest BCUT2D eigenvalue weighted by molar-refractivity contribution is 0.102. The molecule has 1 fully saturated rings. The molecule has 158 valence electrons. The summed E-state index contributed by atoms with van der Waals surface area (Å²) in [5, 5.41) is 32.1. The van der Waals surface area contributed by atoms with Crippen LogP contribution in [0.1, 0.15) is 29.9 Å². The third-order valence-electron chi connectivity index (χ3n) is 5.15. The second-order valence-corrected chi connectivity index (χ2v) is 7.83. The zero-order valence-electron chi connectivity index (χ0n) is 17.0. The van der Waals surface area contributed by atoms with Gasteiger partial charge in [-0.25, -0.2) is 0 Å². The molecule has 2 heterocycles. The maximum Gasteiger partial charge on any atom is 0.264 e. The molecule has 8 heteroatoms. The molecule has 0 radical (unpaired) electrons. The minimum absolute atomic E-state index is 0.135. The first-order valence-electron chi connectivity index (χ1n) is 10.0. The predicted octanol–water partition coefficient (Wildman–Crippen LogP) is 1.99. The topological polar surface area (TPSA) is 112 Å². The number of aromatic hydroxyl groups is 2. The van der Waals surface area contributed by atoms with Crippen LogP contribution in [-0.4, -0.2) is 70.4 Å². The molecule has 1 saturated heterocycles. The van der Waals surface area contributed by atoms with Gasteiger partial charge in [-0.2, -0.15) is 0 Å². The SMILES string of the molecule is CC(C)Cc1[nH]c(O)c(C(=O)Nc2ccc(N3CCN(CCO)CC3)cc2)c1O. The monoisotopic (exact) mass is 402 g/mol. The molecule has 3 rings (SSSR count). The van der Waals surface area contributed by atoms with Crippen LogP contribution in [0.5, 0.6) is 11.6 Å². The lowest BCUT2D eigenvalue weighted by Crippen LogP contribution is -2.47. The number of aliphatic hydroxyl groups excluding tert-OH is 1. The molecule has 29 heavy (non-hydrogen) atoms. The summed E-state index contributed by atoms with van der Waals surface area (Å²) in [6, 6.07) is 7.50. The van der Waals surface area contributed by atoms with Crippen LogP contribution < -0.4 is 10.2 Å². The fourth-order valence-corrected chi connectivity index (χ4v) is 3.62. The highest BCUT2D eigenvalue weighted by molar-refractivity contribution is 6.08. The van der Waals surface area contributed by atoms with Crippen LogP contribution in [0.15, 0.2) is 24.3 Å². The molecule has 0 saturated carbocycles. The van der Waals surface area contributed by atoms with Crippen molar-refractivity contribution in [2.24, 2.45) is 5.92 Å². The van der Waals surface area contributed by atoms with Gasteiger partial charge >= 0.3 is 0 Å². The van der Waals surface area contributed by atoms with Crippen LogP contribution in [0.25, 0.3) is 0 Å². The molecule has 8 nitrogen and oxygen atoms in total. The largest absolute Gasteiger partial charge is 0.505 e. The number of aliphatic hydroxyl groups is 1. The molecule has 0 aliphatic carbocycles.